The maximum atomic E-state index is 12.6. The number of para-hydroxylation sites is 1. The summed E-state index contributed by atoms with van der Waals surface area (Å²) in [5.74, 6) is 0.0572. The Kier molecular flexibility index (Phi) is 6.78. The van der Waals surface area contributed by atoms with Gasteiger partial charge in [-0.25, -0.2) is 8.42 Å². The summed E-state index contributed by atoms with van der Waals surface area (Å²) in [6.45, 7) is 2.74. The van der Waals surface area contributed by atoms with Gasteiger partial charge in [0.25, 0.3) is 15.9 Å². The molecule has 0 fully saturated rings. The molecule has 5 rings (SSSR count). The number of nitrogens with one attached hydrogen (secondary N) is 2. The third-order valence-electron chi connectivity index (χ3n) is 5.97. The van der Waals surface area contributed by atoms with Gasteiger partial charge in [0, 0.05) is 44.7 Å². The predicted molar refractivity (Wildman–Crippen MR) is 148 cm³/mol. The van der Waals surface area contributed by atoms with E-state index in [0.717, 1.165) is 28.4 Å². The van der Waals surface area contributed by atoms with Crippen molar-refractivity contribution in [2.24, 2.45) is 0 Å². The van der Waals surface area contributed by atoms with E-state index in [0.29, 0.717) is 22.1 Å². The number of hydrogen-bond donors (Lipinski definition) is 2. The molecule has 5 aromatic rings. The number of aryl methyl sites for hydroxylation is 1. The molecule has 0 spiro atoms. The van der Waals surface area contributed by atoms with E-state index >= 15 is 0 Å². The molecule has 4 aromatic carbocycles. The number of nitrogens with zero attached hydrogens (tertiary/aromatic N) is 1. The van der Waals surface area contributed by atoms with Crippen molar-refractivity contribution in [2.45, 2.75) is 18.4 Å². The van der Waals surface area contributed by atoms with Crippen LogP contribution in [0.4, 0.5) is 11.4 Å². The van der Waals surface area contributed by atoms with Crippen LogP contribution in [0, 0.1) is 0 Å². The normalized spacial score (nSPS) is 11.5. The minimum atomic E-state index is -3.78. The van der Waals surface area contributed by atoms with Crippen molar-refractivity contribution in [1.82, 2.24) is 4.57 Å². The van der Waals surface area contributed by atoms with Crippen molar-refractivity contribution in [1.29, 1.82) is 0 Å². The number of carbonyl (C=O) groups excluding carboxylic acids is 1. The van der Waals surface area contributed by atoms with Gasteiger partial charge in [0.05, 0.1) is 4.90 Å². The number of sulfonamides is 1. The molecule has 0 unspecified atom stereocenters. The number of carbonyl (C=O) groups is 1. The molecule has 37 heavy (non-hydrogen) atoms. The van der Waals surface area contributed by atoms with E-state index in [9.17, 15) is 13.2 Å². The van der Waals surface area contributed by atoms with Gasteiger partial charge in [0.1, 0.15) is 5.75 Å². The number of ether oxygens (including phenoxy) is 1. The lowest BCUT2D eigenvalue weighted by Gasteiger charge is -2.10. The predicted octanol–water partition coefficient (Wildman–Crippen LogP) is 6.29. The van der Waals surface area contributed by atoms with Gasteiger partial charge in [-0.1, -0.05) is 29.8 Å². The molecule has 0 radical (unpaired) electrons. The summed E-state index contributed by atoms with van der Waals surface area (Å²) in [6.07, 6.45) is 0. The highest BCUT2D eigenvalue weighted by atomic mass is 35.5. The van der Waals surface area contributed by atoms with Gasteiger partial charge in [0.15, 0.2) is 6.61 Å². The molecule has 1 amide bonds. The van der Waals surface area contributed by atoms with Gasteiger partial charge in [-0.15, -0.1) is 0 Å². The van der Waals surface area contributed by atoms with Crippen molar-refractivity contribution < 1.29 is 17.9 Å². The molecule has 7 nitrogen and oxygen atoms in total. The third-order valence-corrected chi connectivity index (χ3v) is 7.62. The maximum absolute atomic E-state index is 12.6. The number of aromatic nitrogens is 1. The Morgan fingerprint density at radius 3 is 2.27 bits per heavy atom. The molecular formula is C28H24ClN3O4S. The topological polar surface area (TPSA) is 89.4 Å². The number of halogens is 1. The van der Waals surface area contributed by atoms with Crippen LogP contribution in [0.25, 0.3) is 21.8 Å². The highest BCUT2D eigenvalue weighted by Crippen LogP contribution is 2.31. The Morgan fingerprint density at radius 1 is 0.865 bits per heavy atom. The third kappa shape index (κ3) is 5.26. The highest BCUT2D eigenvalue weighted by molar-refractivity contribution is 7.92. The van der Waals surface area contributed by atoms with Crippen LogP contribution < -0.4 is 14.8 Å². The molecule has 188 valence electrons. The smallest absolute Gasteiger partial charge is 0.262 e. The van der Waals surface area contributed by atoms with E-state index in [1.165, 1.54) is 24.3 Å². The molecule has 0 atom stereocenters. The molecule has 0 saturated carbocycles. The zero-order valence-electron chi connectivity index (χ0n) is 19.9. The second-order valence-corrected chi connectivity index (χ2v) is 10.5. The van der Waals surface area contributed by atoms with Crippen LogP contribution in [0.2, 0.25) is 5.02 Å². The quantitative estimate of drug-likeness (QED) is 0.245. The Labute approximate surface area is 219 Å². The first-order valence-electron chi connectivity index (χ1n) is 11.7. The zero-order chi connectivity index (χ0) is 26.0. The largest absolute Gasteiger partial charge is 0.484 e. The lowest BCUT2D eigenvalue weighted by molar-refractivity contribution is -0.118. The Hall–Kier alpha value is -4.01. The van der Waals surface area contributed by atoms with Gasteiger partial charge in [-0.2, -0.15) is 0 Å². The molecular weight excluding hydrogens is 510 g/mol. The first kappa shape index (κ1) is 24.7. The second-order valence-electron chi connectivity index (χ2n) is 8.41. The van der Waals surface area contributed by atoms with Crippen molar-refractivity contribution >= 4 is 60.7 Å². The Morgan fingerprint density at radius 2 is 1.54 bits per heavy atom. The summed E-state index contributed by atoms with van der Waals surface area (Å²) in [4.78, 5) is 12.6. The molecule has 0 bridgehead atoms. The summed E-state index contributed by atoms with van der Waals surface area (Å²) >= 11 is 5.84. The molecule has 0 saturated heterocycles. The minimum absolute atomic E-state index is 0.0683. The summed E-state index contributed by atoms with van der Waals surface area (Å²) in [5, 5.41) is 5.59. The van der Waals surface area contributed by atoms with Gasteiger partial charge < -0.3 is 14.6 Å². The van der Waals surface area contributed by atoms with Crippen LogP contribution in [-0.2, 0) is 21.4 Å². The average Bonchev–Trinajstić information content (AvgIpc) is 3.22. The average molecular weight is 534 g/mol. The summed E-state index contributed by atoms with van der Waals surface area (Å²) in [6, 6.07) is 26.3. The summed E-state index contributed by atoms with van der Waals surface area (Å²) in [7, 11) is -3.78. The van der Waals surface area contributed by atoms with Crippen molar-refractivity contribution in [3.8, 4) is 5.75 Å². The van der Waals surface area contributed by atoms with Crippen LogP contribution in [0.5, 0.6) is 5.75 Å². The van der Waals surface area contributed by atoms with E-state index in [2.05, 4.69) is 33.7 Å². The van der Waals surface area contributed by atoms with Crippen molar-refractivity contribution in [3.63, 3.8) is 0 Å². The molecule has 0 aliphatic heterocycles. The first-order chi connectivity index (χ1) is 17.8. The number of fused-ring (bicyclic) bond motifs is 3. The SMILES string of the molecule is CCn1c2ccccc2c2cc(NC(=O)COc3ccc(S(=O)(=O)Nc4ccc(Cl)cc4)cc3)ccc21. The van der Waals surface area contributed by atoms with E-state index < -0.39 is 10.0 Å². The van der Waals surface area contributed by atoms with Crippen LogP contribution in [-0.4, -0.2) is 25.5 Å². The fourth-order valence-corrected chi connectivity index (χ4v) is 5.45. The summed E-state index contributed by atoms with van der Waals surface area (Å²) < 4.78 is 35.5. The highest BCUT2D eigenvalue weighted by Gasteiger charge is 2.15. The van der Waals surface area contributed by atoms with Crippen LogP contribution >= 0.6 is 11.6 Å². The number of benzene rings is 4. The minimum Gasteiger partial charge on any atom is -0.484 e. The van der Waals surface area contributed by atoms with Crippen molar-refractivity contribution in [3.05, 3.63) is 96.0 Å². The lowest BCUT2D eigenvalue weighted by Crippen LogP contribution is -2.20. The number of anilines is 2. The van der Waals surface area contributed by atoms with Gasteiger partial charge in [-0.05, 0) is 79.7 Å². The van der Waals surface area contributed by atoms with E-state index in [-0.39, 0.29) is 17.4 Å². The Balaban J connectivity index is 1.23. The number of rotatable bonds is 8. The molecule has 0 aliphatic carbocycles. The van der Waals surface area contributed by atoms with Crippen LogP contribution in [0.3, 0.4) is 0 Å². The van der Waals surface area contributed by atoms with Crippen molar-refractivity contribution in [2.75, 3.05) is 16.6 Å². The number of amides is 1. The van der Waals surface area contributed by atoms with E-state index in [1.807, 2.05) is 30.3 Å². The fourth-order valence-electron chi connectivity index (χ4n) is 4.27. The first-order valence-corrected chi connectivity index (χ1v) is 13.5. The monoisotopic (exact) mass is 533 g/mol. The van der Waals surface area contributed by atoms with Crippen LogP contribution in [0.1, 0.15) is 6.92 Å². The van der Waals surface area contributed by atoms with E-state index in [1.54, 1.807) is 24.3 Å². The molecule has 1 heterocycles. The lowest BCUT2D eigenvalue weighted by atomic mass is 10.1. The second kappa shape index (κ2) is 10.2. The fraction of sp³-hybridized carbons (Fsp3) is 0.107. The van der Waals surface area contributed by atoms with E-state index in [4.69, 9.17) is 16.3 Å². The number of hydrogen-bond acceptors (Lipinski definition) is 4. The summed E-state index contributed by atoms with van der Waals surface area (Å²) in [5.41, 5.74) is 3.34. The van der Waals surface area contributed by atoms with Gasteiger partial charge >= 0.3 is 0 Å². The molecule has 1 aromatic heterocycles. The van der Waals surface area contributed by atoms with Gasteiger partial charge in [-0.3, -0.25) is 9.52 Å². The zero-order valence-corrected chi connectivity index (χ0v) is 21.5. The molecule has 2 N–H and O–H groups in total. The van der Waals surface area contributed by atoms with Gasteiger partial charge in [0.2, 0.25) is 0 Å². The molecule has 9 heteroatoms. The Bertz CT molecular complexity index is 1700. The van der Waals surface area contributed by atoms with Crippen LogP contribution in [0.15, 0.2) is 95.9 Å². The molecule has 0 aliphatic rings. The maximum Gasteiger partial charge on any atom is 0.262 e. The standard InChI is InChI=1S/C28H24ClN3O4S/c1-2-32-26-6-4-3-5-24(26)25-17-21(11-16-27(25)32)30-28(33)18-36-22-12-14-23(15-13-22)37(34,35)31-20-9-7-19(29)8-10-20/h3-17,31H,2,18H2,1H3,(H,30,33).